The molecule has 4 rings (SSSR count). The molecular weight excluding hydrogens is 482 g/mol. The van der Waals surface area contributed by atoms with E-state index in [0.717, 1.165) is 11.1 Å². The van der Waals surface area contributed by atoms with Crippen LogP contribution in [0, 0.1) is 0 Å². The minimum absolute atomic E-state index is 0.0580. The van der Waals surface area contributed by atoms with E-state index in [1.54, 1.807) is 40.3 Å². The maximum atomic E-state index is 13.0. The summed E-state index contributed by atoms with van der Waals surface area (Å²) in [4.78, 5) is 38.2. The number of urea groups is 1. The van der Waals surface area contributed by atoms with Crippen LogP contribution in [0.3, 0.4) is 0 Å². The monoisotopic (exact) mass is 513 g/mol. The Balaban J connectivity index is 1.46. The second-order valence-electron chi connectivity index (χ2n) is 8.94. The average Bonchev–Trinajstić information content (AvgIpc) is 2.88. The number of amides is 3. The molecule has 0 spiro atoms. The quantitative estimate of drug-likeness (QED) is 0.230. The van der Waals surface area contributed by atoms with Crippen LogP contribution in [-0.4, -0.2) is 83.9 Å². The molecule has 0 aromatic carbocycles. The second-order valence-corrected chi connectivity index (χ2v) is 10.6. The van der Waals surface area contributed by atoms with E-state index < -0.39 is 16.7 Å². The number of nitrogens with zero attached hydrogens (tertiary/aromatic N) is 6. The van der Waals surface area contributed by atoms with Crippen molar-refractivity contribution < 1.29 is 13.8 Å². The number of hydrazone groups is 1. The van der Waals surface area contributed by atoms with Gasteiger partial charge in [0.1, 0.15) is 17.2 Å². The van der Waals surface area contributed by atoms with Gasteiger partial charge in [0, 0.05) is 60.7 Å². The molecule has 1 saturated heterocycles. The highest BCUT2D eigenvalue weighted by Crippen LogP contribution is 2.21. The van der Waals surface area contributed by atoms with Gasteiger partial charge in [-0.3, -0.25) is 19.0 Å². The van der Waals surface area contributed by atoms with Crippen molar-refractivity contribution in [3.8, 4) is 0 Å². The van der Waals surface area contributed by atoms with Gasteiger partial charge in [-0.15, -0.1) is 0 Å². The second kappa shape index (κ2) is 11.0. The van der Waals surface area contributed by atoms with E-state index in [1.165, 1.54) is 5.01 Å². The van der Waals surface area contributed by atoms with Crippen LogP contribution < -0.4 is 17.0 Å². The van der Waals surface area contributed by atoms with Gasteiger partial charge in [-0.2, -0.15) is 5.10 Å². The Morgan fingerprint density at radius 2 is 1.89 bits per heavy atom. The molecule has 5 N–H and O–H groups in total. The number of amidine groups is 1. The van der Waals surface area contributed by atoms with Crippen LogP contribution >= 0.6 is 0 Å². The van der Waals surface area contributed by atoms with E-state index in [0.29, 0.717) is 55.6 Å². The van der Waals surface area contributed by atoms with Gasteiger partial charge in [-0.05, 0) is 49.6 Å². The van der Waals surface area contributed by atoms with E-state index in [2.05, 4.69) is 20.4 Å². The van der Waals surface area contributed by atoms with Gasteiger partial charge < -0.3 is 21.0 Å². The summed E-state index contributed by atoms with van der Waals surface area (Å²) in [5.41, 5.74) is 2.53. The minimum atomic E-state index is -0.845. The van der Waals surface area contributed by atoms with Crippen LogP contribution in [0.4, 0.5) is 10.6 Å². The van der Waals surface area contributed by atoms with Crippen LogP contribution in [0.5, 0.6) is 0 Å². The van der Waals surface area contributed by atoms with Crippen molar-refractivity contribution in [1.29, 1.82) is 0 Å². The first kappa shape index (κ1) is 25.5. The fourth-order valence-electron chi connectivity index (χ4n) is 4.07. The Morgan fingerprint density at radius 3 is 2.58 bits per heavy atom. The van der Waals surface area contributed by atoms with E-state index in [-0.39, 0.29) is 23.6 Å². The highest BCUT2D eigenvalue weighted by Gasteiger charge is 2.28. The molecule has 13 heteroatoms. The summed E-state index contributed by atoms with van der Waals surface area (Å²) in [6, 6.07) is 6.66. The topological polar surface area (TPSA) is 163 Å². The first-order valence-electron chi connectivity index (χ1n) is 11.7. The number of fused-ring (bicyclic) bond motifs is 1. The largest absolute Gasteiger partial charge is 0.323 e. The lowest BCUT2D eigenvalue weighted by Crippen LogP contribution is -2.50. The van der Waals surface area contributed by atoms with Crippen molar-refractivity contribution in [3.63, 3.8) is 0 Å². The first-order valence-corrected chi connectivity index (χ1v) is 13.2. The summed E-state index contributed by atoms with van der Waals surface area (Å²) < 4.78 is 11.6. The fraction of sp³-hybridized carbons (Fsp3) is 0.435. The van der Waals surface area contributed by atoms with Crippen LogP contribution in [0.25, 0.3) is 0 Å². The SMILES string of the molecule is CC(C)N(N)/C(=N\N)c1cccc(NC(=O)c2cc3c(cn2)CCN(C(=O)N2CCS(=O)CC2)C3)n1. The Kier molecular flexibility index (Phi) is 7.79. The molecule has 0 saturated carbocycles. The summed E-state index contributed by atoms with van der Waals surface area (Å²) in [7, 11) is -0.845. The van der Waals surface area contributed by atoms with Gasteiger partial charge in [0.05, 0.1) is 0 Å². The third kappa shape index (κ3) is 5.62. The zero-order valence-electron chi connectivity index (χ0n) is 20.4. The number of rotatable bonds is 4. The summed E-state index contributed by atoms with van der Waals surface area (Å²) in [5.74, 6) is 12.7. The lowest BCUT2D eigenvalue weighted by molar-refractivity contribution is 0.102. The average molecular weight is 514 g/mol. The number of aromatic nitrogens is 2. The van der Waals surface area contributed by atoms with Crippen LogP contribution in [0.15, 0.2) is 35.6 Å². The number of hydrogen-bond donors (Lipinski definition) is 3. The molecule has 2 aromatic heterocycles. The van der Waals surface area contributed by atoms with Gasteiger partial charge in [0.2, 0.25) is 0 Å². The Bertz CT molecular complexity index is 1190. The van der Waals surface area contributed by atoms with Crippen LogP contribution in [0.1, 0.15) is 41.2 Å². The van der Waals surface area contributed by atoms with E-state index in [9.17, 15) is 13.8 Å². The zero-order chi connectivity index (χ0) is 25.8. The molecule has 1 fully saturated rings. The van der Waals surface area contributed by atoms with Crippen LogP contribution in [0.2, 0.25) is 0 Å². The molecule has 192 valence electrons. The van der Waals surface area contributed by atoms with Crippen molar-refractivity contribution in [2.45, 2.75) is 32.9 Å². The first-order chi connectivity index (χ1) is 17.3. The number of nitrogens with one attached hydrogen (secondary N) is 1. The molecule has 3 amide bonds. The summed E-state index contributed by atoms with van der Waals surface area (Å²) in [5, 5.41) is 7.90. The van der Waals surface area contributed by atoms with E-state index >= 15 is 0 Å². The lowest BCUT2D eigenvalue weighted by Gasteiger charge is -2.35. The lowest BCUT2D eigenvalue weighted by atomic mass is 10.0. The van der Waals surface area contributed by atoms with Gasteiger partial charge in [-0.25, -0.2) is 15.6 Å². The maximum Gasteiger partial charge on any atom is 0.320 e. The van der Waals surface area contributed by atoms with Gasteiger partial charge in [-0.1, -0.05) is 6.07 Å². The number of hydrazine groups is 1. The molecule has 0 unspecified atom stereocenters. The number of hydrogen-bond acceptors (Lipinski definition) is 8. The summed E-state index contributed by atoms with van der Waals surface area (Å²) in [6.45, 7) is 5.75. The normalized spacial score (nSPS) is 16.6. The van der Waals surface area contributed by atoms with Crippen molar-refractivity contribution in [2.75, 3.05) is 36.5 Å². The van der Waals surface area contributed by atoms with Crippen molar-refractivity contribution in [3.05, 3.63) is 53.0 Å². The maximum absolute atomic E-state index is 13.0. The molecule has 0 aliphatic carbocycles. The number of carbonyl (C=O) groups is 2. The molecule has 2 aliphatic heterocycles. The molecule has 12 nitrogen and oxygen atoms in total. The highest BCUT2D eigenvalue weighted by atomic mass is 32.2. The molecule has 0 bridgehead atoms. The number of pyridine rings is 2. The molecule has 36 heavy (non-hydrogen) atoms. The summed E-state index contributed by atoms with van der Waals surface area (Å²) in [6.07, 6.45) is 2.35. The number of carbonyl (C=O) groups excluding carboxylic acids is 2. The minimum Gasteiger partial charge on any atom is -0.323 e. The molecule has 4 heterocycles. The van der Waals surface area contributed by atoms with Gasteiger partial charge >= 0.3 is 6.03 Å². The Morgan fingerprint density at radius 1 is 1.14 bits per heavy atom. The standard InChI is InChI=1S/C23H31N9O3S/c1-15(2)32(25)21(29-24)18-4-3-5-20(27-18)28-22(33)19-12-17-14-31(7-6-16(17)13-26-19)23(34)30-8-10-36(35)11-9-30/h3-5,12-13,15H,6-11,14,24-25H2,1-2H3,(H,27,28,33)/b29-21-. The molecule has 2 aromatic rings. The predicted octanol–water partition coefficient (Wildman–Crippen LogP) is 0.476. The van der Waals surface area contributed by atoms with E-state index in [1.807, 2.05) is 13.8 Å². The van der Waals surface area contributed by atoms with Crippen LogP contribution in [-0.2, 0) is 23.8 Å². The number of nitrogens with two attached hydrogens (primary N) is 2. The van der Waals surface area contributed by atoms with Gasteiger partial charge in [0.25, 0.3) is 5.91 Å². The third-order valence-electron chi connectivity index (χ3n) is 6.19. The van der Waals surface area contributed by atoms with Crippen molar-refractivity contribution >= 4 is 34.4 Å². The smallest absolute Gasteiger partial charge is 0.320 e. The Hall–Kier alpha value is -3.58. The van der Waals surface area contributed by atoms with E-state index in [4.69, 9.17) is 11.7 Å². The third-order valence-corrected chi connectivity index (χ3v) is 7.47. The Labute approximate surface area is 212 Å². The van der Waals surface area contributed by atoms with Crippen molar-refractivity contribution in [2.24, 2.45) is 16.8 Å². The molecule has 0 atom stereocenters. The molecule has 0 radical (unpaired) electrons. The molecule has 2 aliphatic rings. The van der Waals surface area contributed by atoms with Gasteiger partial charge in [0.15, 0.2) is 5.84 Å². The number of anilines is 1. The predicted molar refractivity (Wildman–Crippen MR) is 137 cm³/mol. The van der Waals surface area contributed by atoms with Crippen molar-refractivity contribution in [1.82, 2.24) is 24.8 Å². The highest BCUT2D eigenvalue weighted by molar-refractivity contribution is 7.85. The summed E-state index contributed by atoms with van der Waals surface area (Å²) >= 11 is 0. The fourth-order valence-corrected chi connectivity index (χ4v) is 5.13. The molecular formula is C23H31N9O3S. The zero-order valence-corrected chi connectivity index (χ0v) is 21.2.